The molecule has 0 radical (unpaired) electrons. The number of amides is 2. The smallest absolute Gasteiger partial charge is 0.311 e. The Balaban J connectivity index is 1.50. The van der Waals surface area contributed by atoms with Crippen molar-refractivity contribution in [2.75, 3.05) is 26.8 Å². The molecule has 3 unspecified atom stereocenters. The molecule has 3 atom stereocenters. The number of nitrogens with one attached hydrogen (secondary N) is 2. The summed E-state index contributed by atoms with van der Waals surface area (Å²) >= 11 is 13.6. The quantitative estimate of drug-likeness (QED) is 0.198. The van der Waals surface area contributed by atoms with Gasteiger partial charge in [-0.2, -0.15) is 0 Å². The summed E-state index contributed by atoms with van der Waals surface area (Å²) in [7, 11) is 1.49. The molecule has 1 aromatic rings. The van der Waals surface area contributed by atoms with Crippen LogP contribution >= 0.6 is 63.7 Å². The highest BCUT2D eigenvalue weighted by molar-refractivity contribution is 9.12. The molecule has 2 amide bonds. The Morgan fingerprint density at radius 3 is 2.68 bits per heavy atom. The number of oxime groups is 1. The van der Waals surface area contributed by atoms with Gasteiger partial charge in [-0.25, -0.2) is 0 Å². The third-order valence-corrected chi connectivity index (χ3v) is 7.66. The van der Waals surface area contributed by atoms with E-state index in [0.29, 0.717) is 47.8 Å². The van der Waals surface area contributed by atoms with Crippen molar-refractivity contribution in [3.63, 3.8) is 0 Å². The number of aliphatic hydroxyl groups is 2. The number of allylic oxidation sites excluding steroid dienone is 1. The molecule has 2 aliphatic rings. The third kappa shape index (κ3) is 7.06. The maximum atomic E-state index is 12.6. The Kier molecular flexibility index (Phi) is 10.8. The maximum Gasteiger partial charge on any atom is 0.311 e. The Morgan fingerprint density at radius 2 is 2.03 bits per heavy atom. The second-order valence-electron chi connectivity index (χ2n) is 7.79. The molecule has 2 heterocycles. The molecule has 2 aliphatic heterocycles. The summed E-state index contributed by atoms with van der Waals surface area (Å²) in [5.41, 5.74) is 0.375. The average Bonchev–Trinajstić information content (AvgIpc) is 3.11. The van der Waals surface area contributed by atoms with Gasteiger partial charge in [-0.05, 0) is 71.9 Å². The number of carbonyl (C=O) groups is 2. The van der Waals surface area contributed by atoms with Crippen molar-refractivity contribution >= 4 is 81.7 Å². The SMILES string of the molecule is COC1=C(Br)CC2(OC=C1Br)ON=C(C(=O)NCCCOc1c(Br)cc(C(O)CNC=O)cc1Br)C2O. The zero-order valence-corrected chi connectivity index (χ0v) is 25.6. The number of hydrogen-bond acceptors (Lipinski definition) is 9. The molecule has 0 aromatic heterocycles. The number of nitrogens with zero attached hydrogens (tertiary/aromatic N) is 1. The molecule has 15 heteroatoms. The minimum atomic E-state index is -1.62. The first-order valence-corrected chi connectivity index (χ1v) is 14.0. The summed E-state index contributed by atoms with van der Waals surface area (Å²) in [6, 6.07) is 3.39. The lowest BCUT2D eigenvalue weighted by atomic mass is 10.0. The lowest BCUT2D eigenvalue weighted by Gasteiger charge is -2.27. The summed E-state index contributed by atoms with van der Waals surface area (Å²) < 4.78 is 19.0. The summed E-state index contributed by atoms with van der Waals surface area (Å²) in [4.78, 5) is 28.4. The molecule has 11 nitrogen and oxygen atoms in total. The van der Waals surface area contributed by atoms with E-state index in [1.54, 1.807) is 12.1 Å². The molecule has 1 spiro atoms. The van der Waals surface area contributed by atoms with Gasteiger partial charge in [0.2, 0.25) is 6.41 Å². The third-order valence-electron chi connectivity index (χ3n) is 5.29. The lowest BCUT2D eigenvalue weighted by Crippen LogP contribution is -2.49. The fourth-order valence-electron chi connectivity index (χ4n) is 3.42. The van der Waals surface area contributed by atoms with Crippen molar-refractivity contribution in [3.8, 4) is 5.75 Å². The van der Waals surface area contributed by atoms with E-state index in [0.717, 1.165) is 0 Å². The van der Waals surface area contributed by atoms with Crippen molar-refractivity contribution in [2.24, 2.45) is 5.16 Å². The van der Waals surface area contributed by atoms with Crippen molar-refractivity contribution < 1.29 is 38.9 Å². The van der Waals surface area contributed by atoms with Crippen LogP contribution in [-0.2, 0) is 23.9 Å². The zero-order valence-electron chi connectivity index (χ0n) is 19.3. The molecule has 0 fully saturated rings. The van der Waals surface area contributed by atoms with Crippen LogP contribution in [0, 0.1) is 0 Å². The Morgan fingerprint density at radius 1 is 1.32 bits per heavy atom. The van der Waals surface area contributed by atoms with Gasteiger partial charge in [0.15, 0.2) is 11.8 Å². The topological polar surface area (TPSA) is 148 Å². The fourth-order valence-corrected chi connectivity index (χ4v) is 6.40. The van der Waals surface area contributed by atoms with Crippen molar-refractivity contribution in [1.29, 1.82) is 0 Å². The van der Waals surface area contributed by atoms with Crippen LogP contribution in [-0.4, -0.2) is 66.9 Å². The molecular weight excluding hydrogens is 754 g/mol. The molecule has 4 N–H and O–H groups in total. The molecule has 202 valence electrons. The first-order valence-electron chi connectivity index (χ1n) is 10.8. The largest absolute Gasteiger partial charge is 0.495 e. The van der Waals surface area contributed by atoms with Crippen LogP contribution in [0.25, 0.3) is 0 Å². The second-order valence-corrected chi connectivity index (χ2v) is 11.3. The number of aliphatic hydroxyl groups excluding tert-OH is 2. The highest BCUT2D eigenvalue weighted by Gasteiger charge is 2.54. The summed E-state index contributed by atoms with van der Waals surface area (Å²) in [6.07, 6.45) is 0.000404. The monoisotopic (exact) mass is 773 g/mol. The highest BCUT2D eigenvalue weighted by atomic mass is 79.9. The Bertz CT molecular complexity index is 1110. The Hall–Kier alpha value is -1.65. The van der Waals surface area contributed by atoms with E-state index >= 15 is 0 Å². The van der Waals surface area contributed by atoms with Crippen LogP contribution in [0.1, 0.15) is 24.5 Å². The number of carbonyl (C=O) groups excluding carboxylic acids is 2. The van der Waals surface area contributed by atoms with Crippen LogP contribution in [0.15, 0.2) is 47.2 Å². The van der Waals surface area contributed by atoms with Gasteiger partial charge in [-0.1, -0.05) is 21.1 Å². The van der Waals surface area contributed by atoms with E-state index in [2.05, 4.69) is 79.5 Å². The molecular formula is C22H23Br4N3O8. The average molecular weight is 777 g/mol. The van der Waals surface area contributed by atoms with Gasteiger partial charge in [-0.15, -0.1) is 0 Å². The molecule has 1 aromatic carbocycles. The van der Waals surface area contributed by atoms with Crippen molar-refractivity contribution in [1.82, 2.24) is 10.6 Å². The van der Waals surface area contributed by atoms with E-state index < -0.39 is 23.9 Å². The van der Waals surface area contributed by atoms with Crippen LogP contribution in [0.3, 0.4) is 0 Å². The molecule has 0 saturated carbocycles. The van der Waals surface area contributed by atoms with E-state index in [4.69, 9.17) is 19.0 Å². The van der Waals surface area contributed by atoms with Gasteiger partial charge >= 0.3 is 5.79 Å². The predicted octanol–water partition coefficient (Wildman–Crippen LogP) is 3.23. The normalized spacial score (nSPS) is 21.8. The van der Waals surface area contributed by atoms with Gasteiger partial charge < -0.3 is 39.9 Å². The van der Waals surface area contributed by atoms with Crippen LogP contribution in [0.5, 0.6) is 5.75 Å². The van der Waals surface area contributed by atoms with E-state index in [1.165, 1.54) is 13.4 Å². The molecule has 0 bridgehead atoms. The summed E-state index contributed by atoms with van der Waals surface area (Å²) in [5.74, 6) is -1.23. The zero-order chi connectivity index (χ0) is 27.2. The number of rotatable bonds is 11. The van der Waals surface area contributed by atoms with E-state index in [-0.39, 0.29) is 31.8 Å². The van der Waals surface area contributed by atoms with Crippen LogP contribution in [0.2, 0.25) is 0 Å². The fraction of sp³-hybridized carbons (Fsp3) is 0.409. The first kappa shape index (κ1) is 29.9. The number of methoxy groups -OCH3 is 1. The maximum absolute atomic E-state index is 12.6. The van der Waals surface area contributed by atoms with Crippen molar-refractivity contribution in [2.45, 2.75) is 30.8 Å². The van der Waals surface area contributed by atoms with Gasteiger partial charge in [0.25, 0.3) is 5.91 Å². The lowest BCUT2D eigenvalue weighted by molar-refractivity contribution is -0.225. The number of ether oxygens (including phenoxy) is 3. The standard InChI is InChI=1S/C22H23Br4N3O8/c1-34-18-14(25)7-22(36-9-15(18)26)20(32)17(29-37-22)21(33)28-3-2-4-35-19-12(23)5-11(6-13(19)24)16(31)8-27-10-30/h5-6,9-10,16,20,31-32H,2-4,7-8H2,1H3,(H,27,30)(H,28,33). The number of halogens is 4. The molecule has 0 aliphatic carbocycles. The Labute approximate surface area is 246 Å². The number of hydrogen-bond donors (Lipinski definition) is 4. The van der Waals surface area contributed by atoms with E-state index in [1.807, 2.05) is 0 Å². The van der Waals surface area contributed by atoms with Gasteiger partial charge in [0.1, 0.15) is 17.8 Å². The summed E-state index contributed by atoms with van der Waals surface area (Å²) in [6.45, 7) is 0.586. The first-order chi connectivity index (χ1) is 17.6. The minimum absolute atomic E-state index is 0.0459. The second kappa shape index (κ2) is 13.4. The molecule has 37 heavy (non-hydrogen) atoms. The molecule has 0 saturated heterocycles. The van der Waals surface area contributed by atoms with Gasteiger partial charge in [0.05, 0.1) is 39.7 Å². The minimum Gasteiger partial charge on any atom is -0.495 e. The highest BCUT2D eigenvalue weighted by Crippen LogP contribution is 2.41. The van der Waals surface area contributed by atoms with E-state index in [9.17, 15) is 19.8 Å². The predicted molar refractivity (Wildman–Crippen MR) is 147 cm³/mol. The van der Waals surface area contributed by atoms with Crippen LogP contribution in [0.4, 0.5) is 0 Å². The van der Waals surface area contributed by atoms with Gasteiger partial charge in [-0.3, -0.25) is 9.59 Å². The molecule has 3 rings (SSSR count). The number of benzene rings is 1. The summed E-state index contributed by atoms with van der Waals surface area (Å²) in [5, 5.41) is 29.8. The van der Waals surface area contributed by atoms with Crippen LogP contribution < -0.4 is 15.4 Å². The van der Waals surface area contributed by atoms with Gasteiger partial charge in [0, 0.05) is 17.6 Å². The van der Waals surface area contributed by atoms with Crippen molar-refractivity contribution in [3.05, 3.63) is 47.6 Å².